The third-order valence-corrected chi connectivity index (χ3v) is 4.90. The first-order valence-corrected chi connectivity index (χ1v) is 9.46. The van der Waals surface area contributed by atoms with Crippen molar-refractivity contribution in [1.82, 2.24) is 20.3 Å². The third kappa shape index (κ3) is 4.46. The lowest BCUT2D eigenvalue weighted by atomic mass is 10.2. The smallest absolute Gasteiger partial charge is 0.290 e. The number of imide groups is 1. The first kappa shape index (κ1) is 18.8. The van der Waals surface area contributed by atoms with Gasteiger partial charge in [0.25, 0.3) is 11.1 Å². The zero-order chi connectivity index (χ0) is 20.2. The maximum absolute atomic E-state index is 11.6. The van der Waals surface area contributed by atoms with Crippen LogP contribution in [0.1, 0.15) is 11.3 Å². The number of methoxy groups -OCH3 is 1. The molecule has 1 saturated heterocycles. The van der Waals surface area contributed by atoms with Gasteiger partial charge in [-0.05, 0) is 59.8 Å². The van der Waals surface area contributed by atoms with E-state index in [9.17, 15) is 9.59 Å². The van der Waals surface area contributed by atoms with Gasteiger partial charge in [-0.25, -0.2) is 4.68 Å². The molecule has 1 aromatic heterocycles. The van der Waals surface area contributed by atoms with Crippen molar-refractivity contribution in [2.45, 2.75) is 6.61 Å². The number of aromatic nitrogens is 3. The lowest BCUT2D eigenvalue weighted by molar-refractivity contribution is -0.115. The summed E-state index contributed by atoms with van der Waals surface area (Å²) in [7, 11) is 1.62. The number of carbonyl (C=O) groups is 2. The van der Waals surface area contributed by atoms with Crippen molar-refractivity contribution in [1.29, 1.82) is 0 Å². The van der Waals surface area contributed by atoms with Crippen molar-refractivity contribution in [3.63, 3.8) is 0 Å². The largest absolute Gasteiger partial charge is 0.497 e. The molecule has 2 aromatic carbocycles. The van der Waals surface area contributed by atoms with Crippen LogP contribution in [0.15, 0.2) is 59.6 Å². The number of rotatable bonds is 6. The molecule has 0 aliphatic carbocycles. The summed E-state index contributed by atoms with van der Waals surface area (Å²) in [4.78, 5) is 23.2. The predicted molar refractivity (Wildman–Crippen MR) is 108 cm³/mol. The van der Waals surface area contributed by atoms with Gasteiger partial charge in [0.2, 0.25) is 0 Å². The number of thioether (sulfide) groups is 1. The van der Waals surface area contributed by atoms with E-state index in [2.05, 4.69) is 15.6 Å². The zero-order valence-corrected chi connectivity index (χ0v) is 16.2. The average Bonchev–Trinajstić information content (AvgIpc) is 3.33. The average molecular weight is 408 g/mol. The molecule has 0 radical (unpaired) electrons. The molecular weight excluding hydrogens is 392 g/mol. The van der Waals surface area contributed by atoms with Crippen LogP contribution in [0.2, 0.25) is 0 Å². The van der Waals surface area contributed by atoms with Crippen molar-refractivity contribution < 1.29 is 19.1 Å². The quantitative estimate of drug-likeness (QED) is 0.626. The molecule has 3 aromatic rings. The molecule has 1 aliphatic heterocycles. The van der Waals surface area contributed by atoms with Crippen LogP contribution in [-0.2, 0) is 11.4 Å². The molecule has 0 spiro atoms. The number of nitrogens with zero attached hydrogens (tertiary/aromatic N) is 3. The maximum atomic E-state index is 11.6. The SMILES string of the molecule is COc1ccc(-n2cc(COc3ccc(/C=C4\SC(=O)NC4=O)cc3)nn2)cc1. The Bertz CT molecular complexity index is 1070. The van der Waals surface area contributed by atoms with Crippen LogP contribution < -0.4 is 14.8 Å². The summed E-state index contributed by atoms with van der Waals surface area (Å²) in [5.41, 5.74) is 2.36. The first-order valence-electron chi connectivity index (χ1n) is 8.64. The van der Waals surface area contributed by atoms with E-state index in [-0.39, 0.29) is 17.8 Å². The second-order valence-corrected chi connectivity index (χ2v) is 7.08. The van der Waals surface area contributed by atoms with Gasteiger partial charge in [0.15, 0.2) is 0 Å². The fourth-order valence-corrected chi connectivity index (χ4v) is 3.30. The fourth-order valence-electron chi connectivity index (χ4n) is 2.62. The lowest BCUT2D eigenvalue weighted by Crippen LogP contribution is -2.17. The van der Waals surface area contributed by atoms with E-state index in [0.29, 0.717) is 16.3 Å². The second kappa shape index (κ2) is 8.19. The van der Waals surface area contributed by atoms with Gasteiger partial charge in [0.05, 0.1) is 23.9 Å². The molecule has 2 heterocycles. The highest BCUT2D eigenvalue weighted by atomic mass is 32.2. The highest BCUT2D eigenvalue weighted by Gasteiger charge is 2.24. The summed E-state index contributed by atoms with van der Waals surface area (Å²) in [5, 5.41) is 10.1. The normalized spacial score (nSPS) is 14.9. The maximum Gasteiger partial charge on any atom is 0.290 e. The van der Waals surface area contributed by atoms with E-state index in [1.165, 1.54) is 0 Å². The van der Waals surface area contributed by atoms with Gasteiger partial charge in [0.1, 0.15) is 23.8 Å². The number of ether oxygens (including phenoxy) is 2. The number of carbonyl (C=O) groups excluding carboxylic acids is 2. The van der Waals surface area contributed by atoms with E-state index in [4.69, 9.17) is 9.47 Å². The summed E-state index contributed by atoms with van der Waals surface area (Å²) in [5.74, 6) is 1.06. The van der Waals surface area contributed by atoms with E-state index in [1.807, 2.05) is 36.4 Å². The summed E-state index contributed by atoms with van der Waals surface area (Å²) in [6.07, 6.45) is 3.46. The van der Waals surface area contributed by atoms with Crippen molar-refractivity contribution in [2.75, 3.05) is 7.11 Å². The van der Waals surface area contributed by atoms with Crippen molar-refractivity contribution in [2.24, 2.45) is 0 Å². The molecule has 1 aliphatic rings. The Morgan fingerprint density at radius 3 is 2.45 bits per heavy atom. The summed E-state index contributed by atoms with van der Waals surface area (Å²) in [6.45, 7) is 0.267. The molecule has 0 bridgehead atoms. The number of benzene rings is 2. The molecule has 29 heavy (non-hydrogen) atoms. The molecule has 146 valence electrons. The second-order valence-electron chi connectivity index (χ2n) is 6.06. The molecule has 0 saturated carbocycles. The summed E-state index contributed by atoms with van der Waals surface area (Å²) in [6, 6.07) is 14.7. The number of hydrogen-bond acceptors (Lipinski definition) is 7. The molecule has 9 heteroatoms. The predicted octanol–water partition coefficient (Wildman–Crippen LogP) is 3.18. The number of hydrogen-bond donors (Lipinski definition) is 1. The van der Waals surface area contributed by atoms with Gasteiger partial charge >= 0.3 is 0 Å². The van der Waals surface area contributed by atoms with Crippen LogP contribution in [0, 0.1) is 0 Å². The molecule has 1 N–H and O–H groups in total. The van der Waals surface area contributed by atoms with E-state index in [1.54, 1.807) is 36.2 Å². The Balaban J connectivity index is 1.37. The number of amides is 2. The van der Waals surface area contributed by atoms with Gasteiger partial charge in [-0.1, -0.05) is 17.3 Å². The van der Waals surface area contributed by atoms with Crippen LogP contribution in [0.5, 0.6) is 11.5 Å². The molecular formula is C20H16N4O4S. The minimum absolute atomic E-state index is 0.267. The van der Waals surface area contributed by atoms with E-state index in [0.717, 1.165) is 28.8 Å². The highest BCUT2D eigenvalue weighted by Crippen LogP contribution is 2.26. The minimum Gasteiger partial charge on any atom is -0.497 e. The Labute approximate surface area is 170 Å². The van der Waals surface area contributed by atoms with Gasteiger partial charge < -0.3 is 9.47 Å². The minimum atomic E-state index is -0.375. The van der Waals surface area contributed by atoms with Gasteiger partial charge in [-0.2, -0.15) is 0 Å². The van der Waals surface area contributed by atoms with Crippen molar-refractivity contribution >= 4 is 29.0 Å². The first-order chi connectivity index (χ1) is 14.1. The Morgan fingerprint density at radius 2 is 1.79 bits per heavy atom. The zero-order valence-electron chi connectivity index (χ0n) is 15.4. The van der Waals surface area contributed by atoms with Crippen molar-refractivity contribution in [3.05, 3.63) is 70.9 Å². The van der Waals surface area contributed by atoms with E-state index < -0.39 is 0 Å². The molecule has 8 nitrogen and oxygen atoms in total. The van der Waals surface area contributed by atoms with Gasteiger partial charge in [-0.15, -0.1) is 5.10 Å². The summed E-state index contributed by atoms with van der Waals surface area (Å²) >= 11 is 0.888. The van der Waals surface area contributed by atoms with Crippen LogP contribution >= 0.6 is 11.8 Å². The monoisotopic (exact) mass is 408 g/mol. The Kier molecular flexibility index (Phi) is 5.30. The molecule has 2 amide bonds. The topological polar surface area (TPSA) is 95.3 Å². The fraction of sp³-hybridized carbons (Fsp3) is 0.100. The number of nitrogens with one attached hydrogen (secondary N) is 1. The van der Waals surface area contributed by atoms with Crippen LogP contribution in [0.25, 0.3) is 11.8 Å². The van der Waals surface area contributed by atoms with Gasteiger partial charge in [-0.3, -0.25) is 14.9 Å². The summed E-state index contributed by atoms with van der Waals surface area (Å²) < 4.78 is 12.6. The van der Waals surface area contributed by atoms with E-state index >= 15 is 0 Å². The standard InChI is InChI=1S/C20H16N4O4S/c1-27-16-8-4-15(5-9-16)24-11-14(22-23-24)12-28-17-6-2-13(3-7-17)10-18-19(25)21-20(26)29-18/h2-11H,12H2,1H3,(H,21,25,26)/b18-10-. The highest BCUT2D eigenvalue weighted by molar-refractivity contribution is 8.18. The lowest BCUT2D eigenvalue weighted by Gasteiger charge is -2.04. The molecule has 0 atom stereocenters. The van der Waals surface area contributed by atoms with Gasteiger partial charge in [0, 0.05) is 0 Å². The Morgan fingerprint density at radius 1 is 1.07 bits per heavy atom. The molecule has 0 unspecified atom stereocenters. The van der Waals surface area contributed by atoms with Crippen LogP contribution in [-0.4, -0.2) is 33.3 Å². The molecule has 1 fully saturated rings. The van der Waals surface area contributed by atoms with Crippen LogP contribution in [0.3, 0.4) is 0 Å². The van der Waals surface area contributed by atoms with Crippen molar-refractivity contribution in [3.8, 4) is 17.2 Å². The third-order valence-electron chi connectivity index (χ3n) is 4.08. The molecule has 4 rings (SSSR count). The Hall–Kier alpha value is -3.59. The van der Waals surface area contributed by atoms with Crippen LogP contribution in [0.4, 0.5) is 4.79 Å².